The van der Waals surface area contributed by atoms with E-state index in [1.807, 2.05) is 0 Å². The zero-order valence-corrected chi connectivity index (χ0v) is 12.9. The van der Waals surface area contributed by atoms with Crippen LogP contribution in [-0.4, -0.2) is 58.7 Å². The summed E-state index contributed by atoms with van der Waals surface area (Å²) in [5, 5.41) is 32.8. The van der Waals surface area contributed by atoms with Crippen LogP contribution in [0.15, 0.2) is 18.2 Å². The fourth-order valence-corrected chi connectivity index (χ4v) is 2.59. The van der Waals surface area contributed by atoms with E-state index in [1.54, 1.807) is 0 Å². The zero-order valence-electron chi connectivity index (χ0n) is 12.1. The van der Waals surface area contributed by atoms with E-state index in [9.17, 15) is 24.0 Å². The molecule has 7 nitrogen and oxygen atoms in total. The molecule has 1 aromatic carbocycles. The standard InChI is InChI=1S/C13H17F2N3O4.ClH/c14-13(15,8-19)12(17-5-3-16-4-6-17)10-7-9(18(21)22)1-2-11(10)20;/h1-2,7,12,16,19-20H,3-6,8H2;1H/t12-;/m1./s1. The lowest BCUT2D eigenvalue weighted by Gasteiger charge is -2.38. The van der Waals surface area contributed by atoms with Gasteiger partial charge in [-0.15, -0.1) is 12.4 Å². The van der Waals surface area contributed by atoms with Crippen LogP contribution < -0.4 is 5.32 Å². The molecule has 2 rings (SSSR count). The Balaban J connectivity index is 0.00000264. The summed E-state index contributed by atoms with van der Waals surface area (Å²) in [6.07, 6.45) is 0. The number of nitro benzene ring substituents is 1. The van der Waals surface area contributed by atoms with Crippen LogP contribution in [0.25, 0.3) is 0 Å². The Kier molecular flexibility index (Phi) is 6.63. The SMILES string of the molecule is Cl.O=[N+]([O-])c1ccc(O)c([C@@H](N2CCNCC2)C(F)(F)CO)c1. The molecular formula is C13H18ClF2N3O4. The molecule has 0 amide bonds. The summed E-state index contributed by atoms with van der Waals surface area (Å²) in [6.45, 7) is 0.107. The molecule has 1 fully saturated rings. The van der Waals surface area contributed by atoms with E-state index in [4.69, 9.17) is 5.11 Å². The van der Waals surface area contributed by atoms with Gasteiger partial charge in [0.15, 0.2) is 0 Å². The van der Waals surface area contributed by atoms with Gasteiger partial charge in [0.2, 0.25) is 0 Å². The molecule has 23 heavy (non-hydrogen) atoms. The van der Waals surface area contributed by atoms with Crippen molar-refractivity contribution in [1.29, 1.82) is 0 Å². The lowest BCUT2D eigenvalue weighted by molar-refractivity contribution is -0.385. The summed E-state index contributed by atoms with van der Waals surface area (Å²) in [6, 6.07) is 1.38. The Morgan fingerprint density at radius 2 is 2.00 bits per heavy atom. The summed E-state index contributed by atoms with van der Waals surface area (Å²) >= 11 is 0. The van der Waals surface area contributed by atoms with Crippen molar-refractivity contribution >= 4 is 18.1 Å². The van der Waals surface area contributed by atoms with E-state index in [-0.39, 0.29) is 36.7 Å². The van der Waals surface area contributed by atoms with Crippen LogP contribution >= 0.6 is 12.4 Å². The number of non-ortho nitro benzene ring substituents is 1. The lowest BCUT2D eigenvalue weighted by atomic mass is 9.96. The van der Waals surface area contributed by atoms with Gasteiger partial charge < -0.3 is 15.5 Å². The van der Waals surface area contributed by atoms with Gasteiger partial charge in [-0.2, -0.15) is 0 Å². The Morgan fingerprint density at radius 1 is 1.39 bits per heavy atom. The van der Waals surface area contributed by atoms with Crippen molar-refractivity contribution in [2.45, 2.75) is 12.0 Å². The fraction of sp³-hybridized carbons (Fsp3) is 0.538. The first-order valence-electron chi connectivity index (χ1n) is 6.77. The molecule has 0 aliphatic carbocycles. The molecule has 1 aliphatic heterocycles. The molecule has 1 aromatic rings. The highest BCUT2D eigenvalue weighted by atomic mass is 35.5. The summed E-state index contributed by atoms with van der Waals surface area (Å²) < 4.78 is 28.4. The predicted octanol–water partition coefficient (Wildman–Crippen LogP) is 1.30. The molecule has 0 spiro atoms. The van der Waals surface area contributed by atoms with Crippen LogP contribution in [0.4, 0.5) is 14.5 Å². The highest BCUT2D eigenvalue weighted by Gasteiger charge is 2.45. The van der Waals surface area contributed by atoms with E-state index in [2.05, 4.69) is 5.32 Å². The first-order chi connectivity index (χ1) is 10.4. The minimum Gasteiger partial charge on any atom is -0.508 e. The quantitative estimate of drug-likeness (QED) is 0.545. The summed E-state index contributed by atoms with van der Waals surface area (Å²) in [5.41, 5.74) is -0.642. The van der Waals surface area contributed by atoms with Gasteiger partial charge in [0.1, 0.15) is 18.4 Å². The first-order valence-corrected chi connectivity index (χ1v) is 6.77. The molecule has 1 atom stereocenters. The molecule has 1 saturated heterocycles. The van der Waals surface area contributed by atoms with Crippen LogP contribution in [0.2, 0.25) is 0 Å². The Hall–Kier alpha value is -1.55. The Bertz CT molecular complexity index is 556. The number of phenols is 1. The van der Waals surface area contributed by atoms with Crippen LogP contribution in [0, 0.1) is 10.1 Å². The summed E-state index contributed by atoms with van der Waals surface area (Å²) in [4.78, 5) is 11.5. The number of halogens is 3. The number of rotatable bonds is 5. The monoisotopic (exact) mass is 353 g/mol. The first kappa shape index (κ1) is 19.5. The topological polar surface area (TPSA) is 98.9 Å². The second-order valence-electron chi connectivity index (χ2n) is 5.11. The van der Waals surface area contributed by atoms with Crippen molar-refractivity contribution in [2.75, 3.05) is 32.8 Å². The van der Waals surface area contributed by atoms with Crippen LogP contribution in [0.1, 0.15) is 11.6 Å². The number of nitrogens with zero attached hydrogens (tertiary/aromatic N) is 2. The normalized spacial score (nSPS) is 17.3. The molecular weight excluding hydrogens is 336 g/mol. The van der Waals surface area contributed by atoms with Gasteiger partial charge in [-0.05, 0) is 6.07 Å². The third kappa shape index (κ3) is 4.25. The minimum atomic E-state index is -3.54. The van der Waals surface area contributed by atoms with Gasteiger partial charge in [0.05, 0.1) is 4.92 Å². The molecule has 0 saturated carbocycles. The van der Waals surface area contributed by atoms with Crippen molar-refractivity contribution < 1.29 is 23.9 Å². The predicted molar refractivity (Wildman–Crippen MR) is 81.2 cm³/mol. The average Bonchev–Trinajstić information content (AvgIpc) is 2.50. The third-order valence-corrected chi connectivity index (χ3v) is 3.64. The number of hydrogen-bond donors (Lipinski definition) is 3. The van der Waals surface area contributed by atoms with Crippen LogP contribution in [-0.2, 0) is 0 Å². The molecule has 1 aliphatic rings. The zero-order chi connectivity index (χ0) is 16.3. The van der Waals surface area contributed by atoms with E-state index in [0.717, 1.165) is 18.2 Å². The number of benzene rings is 1. The maximum atomic E-state index is 14.2. The van der Waals surface area contributed by atoms with Gasteiger partial charge in [-0.1, -0.05) is 0 Å². The maximum Gasteiger partial charge on any atom is 0.290 e. The molecule has 3 N–H and O–H groups in total. The number of aliphatic hydroxyl groups excluding tert-OH is 1. The van der Waals surface area contributed by atoms with Crippen molar-refractivity contribution in [3.8, 4) is 5.75 Å². The number of nitro groups is 1. The molecule has 0 bridgehead atoms. The van der Waals surface area contributed by atoms with Gasteiger partial charge in [-0.25, -0.2) is 8.78 Å². The van der Waals surface area contributed by atoms with E-state index < -0.39 is 29.2 Å². The molecule has 0 radical (unpaired) electrons. The molecule has 0 aromatic heterocycles. The Morgan fingerprint density at radius 3 is 2.52 bits per heavy atom. The van der Waals surface area contributed by atoms with E-state index >= 15 is 0 Å². The second-order valence-corrected chi connectivity index (χ2v) is 5.11. The number of aromatic hydroxyl groups is 1. The van der Waals surface area contributed by atoms with Crippen molar-refractivity contribution in [1.82, 2.24) is 10.2 Å². The highest BCUT2D eigenvalue weighted by Crippen LogP contribution is 2.41. The molecule has 130 valence electrons. The average molecular weight is 354 g/mol. The van der Waals surface area contributed by atoms with Gasteiger partial charge in [-0.3, -0.25) is 15.0 Å². The fourth-order valence-electron chi connectivity index (χ4n) is 2.59. The third-order valence-electron chi connectivity index (χ3n) is 3.64. The summed E-state index contributed by atoms with van der Waals surface area (Å²) in [7, 11) is 0. The minimum absolute atomic E-state index is 0. The summed E-state index contributed by atoms with van der Waals surface area (Å²) in [5.74, 6) is -3.99. The smallest absolute Gasteiger partial charge is 0.290 e. The molecule has 0 unspecified atom stereocenters. The molecule has 10 heteroatoms. The highest BCUT2D eigenvalue weighted by molar-refractivity contribution is 5.85. The number of hydrogen-bond acceptors (Lipinski definition) is 6. The van der Waals surface area contributed by atoms with Crippen molar-refractivity contribution in [3.63, 3.8) is 0 Å². The number of aliphatic hydroxyl groups is 1. The van der Waals surface area contributed by atoms with E-state index in [0.29, 0.717) is 13.1 Å². The molecule has 1 heterocycles. The van der Waals surface area contributed by atoms with Crippen LogP contribution in [0.3, 0.4) is 0 Å². The second kappa shape index (κ2) is 7.82. The van der Waals surface area contributed by atoms with Crippen molar-refractivity contribution in [2.24, 2.45) is 0 Å². The maximum absolute atomic E-state index is 14.2. The van der Waals surface area contributed by atoms with Crippen LogP contribution in [0.5, 0.6) is 5.75 Å². The van der Waals surface area contributed by atoms with E-state index in [1.165, 1.54) is 4.90 Å². The number of phenolic OH excluding ortho intramolecular Hbond substituents is 1. The van der Waals surface area contributed by atoms with Gasteiger partial charge in [0.25, 0.3) is 11.6 Å². The Labute approximate surface area is 137 Å². The number of nitrogens with one attached hydrogen (secondary N) is 1. The number of alkyl halides is 2. The van der Waals surface area contributed by atoms with Crippen molar-refractivity contribution in [3.05, 3.63) is 33.9 Å². The van der Waals surface area contributed by atoms with Gasteiger partial charge >= 0.3 is 0 Å². The van der Waals surface area contributed by atoms with Gasteiger partial charge in [0, 0.05) is 43.9 Å². The lowest BCUT2D eigenvalue weighted by Crippen LogP contribution is -2.51. The largest absolute Gasteiger partial charge is 0.508 e. The number of piperazine rings is 1.